The molecule has 1 heterocycles. The normalized spacial score (nSPS) is 21.5. The summed E-state index contributed by atoms with van der Waals surface area (Å²) >= 11 is 0. The highest BCUT2D eigenvalue weighted by molar-refractivity contribution is 5.75. The van der Waals surface area contributed by atoms with Crippen LogP contribution in [-0.4, -0.2) is 37.7 Å². The Kier molecular flexibility index (Phi) is 8.58. The van der Waals surface area contributed by atoms with Gasteiger partial charge in [0, 0.05) is 0 Å². The van der Waals surface area contributed by atoms with E-state index in [-0.39, 0.29) is 25.3 Å². The van der Waals surface area contributed by atoms with Gasteiger partial charge in [0.25, 0.3) is 0 Å². The van der Waals surface area contributed by atoms with Crippen molar-refractivity contribution in [2.24, 2.45) is 0 Å². The van der Waals surface area contributed by atoms with Crippen LogP contribution >= 0.6 is 0 Å². The third-order valence-corrected chi connectivity index (χ3v) is 4.03. The molecular weight excluding hydrogens is 339 g/mol. The van der Waals surface area contributed by atoms with Gasteiger partial charge in [-0.1, -0.05) is 44.1 Å². The summed E-state index contributed by atoms with van der Waals surface area (Å²) in [5.74, 6) is -1.10. The van der Waals surface area contributed by atoms with Crippen molar-refractivity contribution in [1.29, 1.82) is 0 Å². The SMILES string of the molecule is CCCCC/C=C\[C@@H]1OCOC[C@@H]1OC(=O)[C@H](C)Oc1ccccc1F. The zero-order valence-electron chi connectivity index (χ0n) is 15.4. The second-order valence-electron chi connectivity index (χ2n) is 6.21. The maximum Gasteiger partial charge on any atom is 0.347 e. The Hall–Kier alpha value is -1.92. The van der Waals surface area contributed by atoms with Crippen molar-refractivity contribution in [3.05, 3.63) is 42.2 Å². The molecule has 0 radical (unpaired) electrons. The minimum Gasteiger partial charge on any atom is -0.476 e. The van der Waals surface area contributed by atoms with E-state index >= 15 is 0 Å². The number of unbranched alkanes of at least 4 members (excludes halogenated alkanes) is 3. The van der Waals surface area contributed by atoms with E-state index in [0.717, 1.165) is 12.8 Å². The Balaban J connectivity index is 1.87. The van der Waals surface area contributed by atoms with Gasteiger partial charge >= 0.3 is 5.97 Å². The smallest absolute Gasteiger partial charge is 0.347 e. The van der Waals surface area contributed by atoms with Gasteiger partial charge in [-0.15, -0.1) is 0 Å². The Bertz CT molecular complexity index is 589. The molecule has 0 amide bonds. The summed E-state index contributed by atoms with van der Waals surface area (Å²) < 4.78 is 35.2. The number of para-hydroxylation sites is 1. The number of hydrogen-bond donors (Lipinski definition) is 0. The van der Waals surface area contributed by atoms with Crippen LogP contribution in [-0.2, 0) is 19.0 Å². The molecule has 6 heteroatoms. The number of carbonyl (C=O) groups excluding carboxylic acids is 1. The first-order valence-corrected chi connectivity index (χ1v) is 9.09. The van der Waals surface area contributed by atoms with Gasteiger partial charge in [0.1, 0.15) is 12.9 Å². The molecule has 1 saturated heterocycles. The minimum absolute atomic E-state index is 0.0143. The molecule has 0 unspecified atom stereocenters. The van der Waals surface area contributed by atoms with Crippen LogP contribution in [0, 0.1) is 5.82 Å². The molecule has 0 aliphatic carbocycles. The first kappa shape index (κ1) is 20.4. The van der Waals surface area contributed by atoms with E-state index in [1.807, 2.05) is 12.2 Å². The van der Waals surface area contributed by atoms with Crippen LogP contribution < -0.4 is 4.74 Å². The van der Waals surface area contributed by atoms with Crippen LogP contribution in [0.2, 0.25) is 0 Å². The number of allylic oxidation sites excluding steroid dienone is 1. The highest BCUT2D eigenvalue weighted by atomic mass is 19.1. The van der Waals surface area contributed by atoms with Gasteiger partial charge in [0.15, 0.2) is 23.8 Å². The largest absolute Gasteiger partial charge is 0.476 e. The average molecular weight is 366 g/mol. The molecule has 0 bridgehead atoms. The lowest BCUT2D eigenvalue weighted by molar-refractivity contribution is -0.203. The van der Waals surface area contributed by atoms with Crippen molar-refractivity contribution >= 4 is 5.97 Å². The fraction of sp³-hybridized carbons (Fsp3) is 0.550. The lowest BCUT2D eigenvalue weighted by Crippen LogP contribution is -2.43. The Labute approximate surface area is 154 Å². The van der Waals surface area contributed by atoms with Crippen molar-refractivity contribution in [2.75, 3.05) is 13.4 Å². The predicted octanol–water partition coefficient (Wildman–Crippen LogP) is 4.01. The van der Waals surface area contributed by atoms with Gasteiger partial charge in [-0.3, -0.25) is 0 Å². The fourth-order valence-electron chi connectivity index (χ4n) is 2.54. The Morgan fingerprint density at radius 1 is 1.38 bits per heavy atom. The molecule has 1 aromatic rings. The number of rotatable bonds is 9. The molecule has 1 fully saturated rings. The maximum atomic E-state index is 13.6. The number of halogens is 1. The number of esters is 1. The summed E-state index contributed by atoms with van der Waals surface area (Å²) in [5.41, 5.74) is 0. The molecule has 0 spiro atoms. The van der Waals surface area contributed by atoms with Gasteiger partial charge in [0.2, 0.25) is 0 Å². The van der Waals surface area contributed by atoms with Crippen molar-refractivity contribution in [2.45, 2.75) is 57.8 Å². The number of carbonyl (C=O) groups is 1. The van der Waals surface area contributed by atoms with Crippen molar-refractivity contribution in [3.63, 3.8) is 0 Å². The van der Waals surface area contributed by atoms with Crippen LogP contribution in [0.3, 0.4) is 0 Å². The summed E-state index contributed by atoms with van der Waals surface area (Å²) in [4.78, 5) is 12.3. The van der Waals surface area contributed by atoms with Crippen molar-refractivity contribution in [3.8, 4) is 5.75 Å². The van der Waals surface area contributed by atoms with E-state index in [1.165, 1.54) is 31.9 Å². The van der Waals surface area contributed by atoms with Gasteiger partial charge in [-0.05, 0) is 31.9 Å². The zero-order chi connectivity index (χ0) is 18.8. The summed E-state index contributed by atoms with van der Waals surface area (Å²) in [6.07, 6.45) is 6.55. The standard InChI is InChI=1S/C20H27FO5/c1-3-4-5-6-7-12-18-19(13-23-14-24-18)26-20(22)15(2)25-17-11-9-8-10-16(17)21/h7-12,15,18-19H,3-6,13-14H2,1-2H3/b12-7-/t15-,18-,19-/m0/s1. The molecular formula is C20H27FO5. The quantitative estimate of drug-likeness (QED) is 0.375. The molecule has 1 aromatic carbocycles. The molecule has 5 nitrogen and oxygen atoms in total. The Morgan fingerprint density at radius 3 is 2.96 bits per heavy atom. The van der Waals surface area contributed by atoms with Crippen LogP contribution in [0.4, 0.5) is 4.39 Å². The van der Waals surface area contributed by atoms with Crippen LogP contribution in [0.15, 0.2) is 36.4 Å². The molecule has 0 N–H and O–H groups in total. The molecule has 0 aromatic heterocycles. The van der Waals surface area contributed by atoms with Crippen LogP contribution in [0.5, 0.6) is 5.75 Å². The van der Waals surface area contributed by atoms with Crippen LogP contribution in [0.25, 0.3) is 0 Å². The topological polar surface area (TPSA) is 54.0 Å². The predicted molar refractivity (Wildman–Crippen MR) is 95.3 cm³/mol. The maximum absolute atomic E-state index is 13.6. The first-order chi connectivity index (χ1) is 12.6. The highest BCUT2D eigenvalue weighted by Gasteiger charge is 2.30. The van der Waals surface area contributed by atoms with E-state index in [1.54, 1.807) is 12.1 Å². The highest BCUT2D eigenvalue weighted by Crippen LogP contribution is 2.19. The van der Waals surface area contributed by atoms with E-state index in [9.17, 15) is 9.18 Å². The third kappa shape index (κ3) is 6.42. The number of ether oxygens (including phenoxy) is 4. The number of hydrogen-bond acceptors (Lipinski definition) is 5. The Morgan fingerprint density at radius 2 is 2.19 bits per heavy atom. The molecule has 1 aliphatic heterocycles. The average Bonchev–Trinajstić information content (AvgIpc) is 2.64. The first-order valence-electron chi connectivity index (χ1n) is 9.09. The summed E-state index contributed by atoms with van der Waals surface area (Å²) in [6.45, 7) is 4.10. The van der Waals surface area contributed by atoms with E-state index < -0.39 is 24.0 Å². The van der Waals surface area contributed by atoms with E-state index in [4.69, 9.17) is 18.9 Å². The number of benzene rings is 1. The lowest BCUT2D eigenvalue weighted by atomic mass is 10.1. The van der Waals surface area contributed by atoms with E-state index in [0.29, 0.717) is 0 Å². The van der Waals surface area contributed by atoms with Gasteiger partial charge in [0.05, 0.1) is 6.61 Å². The molecule has 144 valence electrons. The van der Waals surface area contributed by atoms with Gasteiger partial charge in [-0.25, -0.2) is 9.18 Å². The zero-order valence-corrected chi connectivity index (χ0v) is 15.4. The second-order valence-corrected chi connectivity index (χ2v) is 6.21. The monoisotopic (exact) mass is 366 g/mol. The molecule has 2 rings (SSSR count). The van der Waals surface area contributed by atoms with Crippen molar-refractivity contribution in [1.82, 2.24) is 0 Å². The summed E-state index contributed by atoms with van der Waals surface area (Å²) in [7, 11) is 0. The summed E-state index contributed by atoms with van der Waals surface area (Å²) in [6, 6.07) is 5.93. The van der Waals surface area contributed by atoms with E-state index in [2.05, 4.69) is 6.92 Å². The minimum atomic E-state index is -0.942. The lowest BCUT2D eigenvalue weighted by Gasteiger charge is -2.30. The third-order valence-electron chi connectivity index (χ3n) is 4.03. The molecule has 26 heavy (non-hydrogen) atoms. The molecule has 1 aliphatic rings. The fourth-order valence-corrected chi connectivity index (χ4v) is 2.54. The summed E-state index contributed by atoms with van der Waals surface area (Å²) in [5, 5.41) is 0. The van der Waals surface area contributed by atoms with Crippen molar-refractivity contribution < 1.29 is 28.1 Å². The molecule has 3 atom stereocenters. The van der Waals surface area contributed by atoms with Gasteiger partial charge < -0.3 is 18.9 Å². The van der Waals surface area contributed by atoms with Crippen LogP contribution in [0.1, 0.15) is 39.5 Å². The second kappa shape index (κ2) is 10.9. The van der Waals surface area contributed by atoms with Gasteiger partial charge in [-0.2, -0.15) is 0 Å². The molecule has 0 saturated carbocycles.